The maximum atomic E-state index is 11.9. The van der Waals surface area contributed by atoms with Gasteiger partial charge in [0.1, 0.15) is 5.82 Å². The third-order valence-electron chi connectivity index (χ3n) is 3.01. The molecule has 1 aliphatic rings. The molecule has 1 amide bonds. The fourth-order valence-electron chi connectivity index (χ4n) is 2.11. The summed E-state index contributed by atoms with van der Waals surface area (Å²) in [5, 5.41) is 13.2. The Morgan fingerprint density at radius 3 is 2.67 bits per heavy atom. The van der Waals surface area contributed by atoms with E-state index in [1.54, 1.807) is 16.9 Å². The van der Waals surface area contributed by atoms with E-state index in [-0.39, 0.29) is 24.4 Å². The highest BCUT2D eigenvalue weighted by molar-refractivity contribution is 5.98. The number of hydrogen-bond acceptors (Lipinski definition) is 3. The molecule has 0 bridgehead atoms. The molecule has 2 rings (SSSR count). The van der Waals surface area contributed by atoms with Gasteiger partial charge in [0.15, 0.2) is 0 Å². The minimum atomic E-state index is -0.923. The molecule has 1 saturated heterocycles. The first-order valence-corrected chi connectivity index (χ1v) is 5.88. The van der Waals surface area contributed by atoms with Crippen molar-refractivity contribution < 1.29 is 14.7 Å². The lowest BCUT2D eigenvalue weighted by Crippen LogP contribution is -2.33. The largest absolute Gasteiger partial charge is 0.481 e. The van der Waals surface area contributed by atoms with Gasteiger partial charge in [0.2, 0.25) is 5.91 Å². The lowest BCUT2D eigenvalue weighted by Gasteiger charge is -2.26. The first-order chi connectivity index (χ1) is 8.30. The highest BCUT2D eigenvalue weighted by Crippen LogP contribution is 2.28. The zero-order chi connectivity index (χ0) is 13.5. The van der Waals surface area contributed by atoms with E-state index >= 15 is 0 Å². The van der Waals surface area contributed by atoms with Crippen LogP contribution in [0.5, 0.6) is 0 Å². The van der Waals surface area contributed by atoms with Gasteiger partial charge in [0.05, 0.1) is 17.7 Å². The highest BCUT2D eigenvalue weighted by atomic mass is 16.4. The van der Waals surface area contributed by atoms with Gasteiger partial charge in [-0.3, -0.25) is 14.5 Å². The summed E-state index contributed by atoms with van der Waals surface area (Å²) in [6.07, 6.45) is 1.69. The van der Waals surface area contributed by atoms with Crippen LogP contribution < -0.4 is 4.90 Å². The Kier molecular flexibility index (Phi) is 2.88. The second-order valence-electron chi connectivity index (χ2n) is 5.52. The Labute approximate surface area is 105 Å². The van der Waals surface area contributed by atoms with Gasteiger partial charge in [0, 0.05) is 19.0 Å². The van der Waals surface area contributed by atoms with Crippen LogP contribution in [0.15, 0.2) is 12.3 Å². The molecule has 1 fully saturated rings. The van der Waals surface area contributed by atoms with Gasteiger partial charge in [0.25, 0.3) is 0 Å². The predicted molar refractivity (Wildman–Crippen MR) is 65.3 cm³/mol. The van der Waals surface area contributed by atoms with Crippen molar-refractivity contribution >= 4 is 17.7 Å². The van der Waals surface area contributed by atoms with Crippen molar-refractivity contribution in [1.29, 1.82) is 0 Å². The van der Waals surface area contributed by atoms with Crippen LogP contribution in [-0.4, -0.2) is 33.3 Å². The van der Waals surface area contributed by atoms with E-state index in [0.29, 0.717) is 5.82 Å². The molecule has 1 N–H and O–H groups in total. The Hall–Kier alpha value is -1.85. The van der Waals surface area contributed by atoms with Crippen LogP contribution in [-0.2, 0) is 15.1 Å². The molecule has 0 spiro atoms. The van der Waals surface area contributed by atoms with E-state index in [1.165, 1.54) is 4.90 Å². The van der Waals surface area contributed by atoms with Crippen LogP contribution in [0.25, 0.3) is 0 Å². The van der Waals surface area contributed by atoms with Gasteiger partial charge in [-0.05, 0) is 20.8 Å². The Bertz CT molecular complexity index is 487. The maximum Gasteiger partial charge on any atom is 0.308 e. The summed E-state index contributed by atoms with van der Waals surface area (Å²) < 4.78 is 1.75. The van der Waals surface area contributed by atoms with Gasteiger partial charge >= 0.3 is 5.97 Å². The quantitative estimate of drug-likeness (QED) is 0.853. The summed E-state index contributed by atoms with van der Waals surface area (Å²) in [6, 6.07) is 1.74. The highest BCUT2D eigenvalue weighted by Gasteiger charge is 2.37. The van der Waals surface area contributed by atoms with Crippen molar-refractivity contribution in [3.8, 4) is 0 Å². The summed E-state index contributed by atoms with van der Waals surface area (Å²) in [5.74, 6) is -1.04. The fraction of sp³-hybridized carbons (Fsp3) is 0.583. The van der Waals surface area contributed by atoms with Gasteiger partial charge in [-0.15, -0.1) is 0 Å². The summed E-state index contributed by atoms with van der Waals surface area (Å²) in [7, 11) is 0. The van der Waals surface area contributed by atoms with E-state index < -0.39 is 11.9 Å². The van der Waals surface area contributed by atoms with Crippen LogP contribution in [0.3, 0.4) is 0 Å². The molecule has 2 heterocycles. The van der Waals surface area contributed by atoms with Crippen molar-refractivity contribution in [1.82, 2.24) is 9.78 Å². The van der Waals surface area contributed by atoms with E-state index in [4.69, 9.17) is 5.11 Å². The number of carbonyl (C=O) groups is 2. The normalized spacial score (nSPS) is 20.5. The van der Waals surface area contributed by atoms with E-state index in [0.717, 1.165) is 0 Å². The minimum absolute atomic E-state index is 0.0602. The Morgan fingerprint density at radius 2 is 2.17 bits per heavy atom. The van der Waals surface area contributed by atoms with Crippen molar-refractivity contribution in [2.45, 2.75) is 32.7 Å². The fourth-order valence-corrected chi connectivity index (χ4v) is 2.11. The molecule has 6 heteroatoms. The average Bonchev–Trinajstić information content (AvgIpc) is 2.81. The van der Waals surface area contributed by atoms with Gasteiger partial charge in [-0.25, -0.2) is 4.68 Å². The second-order valence-corrected chi connectivity index (χ2v) is 5.52. The Morgan fingerprint density at radius 1 is 1.50 bits per heavy atom. The number of nitrogens with zero attached hydrogens (tertiary/aromatic N) is 3. The summed E-state index contributed by atoms with van der Waals surface area (Å²) in [4.78, 5) is 24.3. The molecule has 6 nitrogen and oxygen atoms in total. The molecule has 0 radical (unpaired) electrons. The SMILES string of the molecule is CC(C)(C)n1nccc1N1CC(C(=O)O)CC1=O. The number of aliphatic carboxylic acids is 1. The van der Waals surface area contributed by atoms with Crippen molar-refractivity contribution in [2.75, 3.05) is 11.4 Å². The lowest BCUT2D eigenvalue weighted by atomic mass is 10.1. The standard InChI is InChI=1S/C12H17N3O3/c1-12(2,3)15-9(4-5-13-15)14-7-8(11(17)18)6-10(14)16/h4-5,8H,6-7H2,1-3H3,(H,17,18). The number of hydrogen-bond donors (Lipinski definition) is 1. The first-order valence-electron chi connectivity index (χ1n) is 5.88. The van der Waals surface area contributed by atoms with Crippen LogP contribution in [0.2, 0.25) is 0 Å². The lowest BCUT2D eigenvalue weighted by molar-refractivity contribution is -0.141. The molecule has 1 aromatic rings. The summed E-state index contributed by atoms with van der Waals surface area (Å²) >= 11 is 0. The van der Waals surface area contributed by atoms with Crippen molar-refractivity contribution in [3.05, 3.63) is 12.3 Å². The van der Waals surface area contributed by atoms with Crippen LogP contribution in [0.4, 0.5) is 5.82 Å². The first kappa shape index (κ1) is 12.6. The minimum Gasteiger partial charge on any atom is -0.481 e. The second kappa shape index (κ2) is 4.12. The molecule has 1 aromatic heterocycles. The number of anilines is 1. The van der Waals surface area contributed by atoms with E-state index in [1.807, 2.05) is 20.8 Å². The molecular formula is C12H17N3O3. The number of carbonyl (C=O) groups excluding carboxylic acids is 1. The Balaban J connectivity index is 2.31. The van der Waals surface area contributed by atoms with Crippen LogP contribution >= 0.6 is 0 Å². The molecule has 0 aromatic carbocycles. The van der Waals surface area contributed by atoms with Gasteiger partial charge in [-0.2, -0.15) is 5.10 Å². The zero-order valence-electron chi connectivity index (χ0n) is 10.8. The van der Waals surface area contributed by atoms with Crippen molar-refractivity contribution in [2.24, 2.45) is 5.92 Å². The molecular weight excluding hydrogens is 234 g/mol. The summed E-state index contributed by atoms with van der Waals surface area (Å²) in [5.41, 5.74) is -0.250. The number of rotatable bonds is 2. The number of carboxylic acids is 1. The molecule has 0 aliphatic carbocycles. The molecule has 1 aliphatic heterocycles. The van der Waals surface area contributed by atoms with Gasteiger partial charge < -0.3 is 5.11 Å². The average molecular weight is 251 g/mol. The number of aromatic nitrogens is 2. The van der Waals surface area contributed by atoms with Crippen LogP contribution in [0, 0.1) is 5.92 Å². The number of amides is 1. The van der Waals surface area contributed by atoms with E-state index in [2.05, 4.69) is 5.10 Å². The van der Waals surface area contributed by atoms with E-state index in [9.17, 15) is 9.59 Å². The smallest absolute Gasteiger partial charge is 0.308 e. The third kappa shape index (κ3) is 2.10. The predicted octanol–water partition coefficient (Wildman–Crippen LogP) is 1.08. The molecule has 0 saturated carbocycles. The zero-order valence-corrected chi connectivity index (χ0v) is 10.8. The molecule has 1 atom stereocenters. The van der Waals surface area contributed by atoms with Crippen molar-refractivity contribution in [3.63, 3.8) is 0 Å². The topological polar surface area (TPSA) is 75.4 Å². The number of carboxylic acid groups (broad SMARTS) is 1. The van der Waals surface area contributed by atoms with Crippen LogP contribution in [0.1, 0.15) is 27.2 Å². The maximum absolute atomic E-state index is 11.9. The molecule has 18 heavy (non-hydrogen) atoms. The molecule has 98 valence electrons. The van der Waals surface area contributed by atoms with Gasteiger partial charge in [-0.1, -0.05) is 0 Å². The third-order valence-corrected chi connectivity index (χ3v) is 3.01. The molecule has 1 unspecified atom stereocenters. The monoisotopic (exact) mass is 251 g/mol. The summed E-state index contributed by atoms with van der Waals surface area (Å²) in [6.45, 7) is 6.17.